The fraction of sp³-hybridized carbons (Fsp3) is 0.600. The van der Waals surface area contributed by atoms with E-state index in [4.69, 9.17) is 9.47 Å². The van der Waals surface area contributed by atoms with Crippen LogP contribution in [0.4, 0.5) is 0 Å². The molecule has 5 nitrogen and oxygen atoms in total. The third-order valence-electron chi connectivity index (χ3n) is 3.67. The summed E-state index contributed by atoms with van der Waals surface area (Å²) < 4.78 is 34.6. The predicted molar refractivity (Wildman–Crippen MR) is 82.5 cm³/mol. The molecule has 1 heterocycles. The third-order valence-corrected chi connectivity index (χ3v) is 5.15. The lowest BCUT2D eigenvalue weighted by Gasteiger charge is -2.38. The van der Waals surface area contributed by atoms with Gasteiger partial charge < -0.3 is 9.47 Å². The van der Waals surface area contributed by atoms with Crippen molar-refractivity contribution in [1.82, 2.24) is 5.32 Å². The number of benzene rings is 1. The van der Waals surface area contributed by atoms with E-state index in [1.807, 2.05) is 32.0 Å². The van der Waals surface area contributed by atoms with Gasteiger partial charge in [-0.05, 0) is 19.9 Å². The first-order valence-electron chi connectivity index (χ1n) is 7.07. The van der Waals surface area contributed by atoms with Crippen LogP contribution in [0, 0.1) is 0 Å². The lowest BCUT2D eigenvalue weighted by Crippen LogP contribution is -2.41. The minimum absolute atomic E-state index is 0.0181. The summed E-state index contributed by atoms with van der Waals surface area (Å²) >= 11 is 0. The van der Waals surface area contributed by atoms with Crippen molar-refractivity contribution in [2.24, 2.45) is 0 Å². The molecule has 1 N–H and O–H groups in total. The fourth-order valence-electron chi connectivity index (χ4n) is 2.47. The van der Waals surface area contributed by atoms with E-state index >= 15 is 0 Å². The first-order valence-corrected chi connectivity index (χ1v) is 8.89. The van der Waals surface area contributed by atoms with Gasteiger partial charge in [0, 0.05) is 29.8 Å². The van der Waals surface area contributed by atoms with E-state index in [1.165, 1.54) is 0 Å². The minimum Gasteiger partial charge on any atom is -0.497 e. The van der Waals surface area contributed by atoms with Crippen LogP contribution < -0.4 is 14.8 Å². The lowest BCUT2D eigenvalue weighted by molar-refractivity contribution is 0.0667. The van der Waals surface area contributed by atoms with E-state index < -0.39 is 9.84 Å². The Balaban J connectivity index is 2.27. The van der Waals surface area contributed by atoms with Crippen molar-refractivity contribution < 1.29 is 17.9 Å². The van der Waals surface area contributed by atoms with Crippen LogP contribution in [0.1, 0.15) is 38.8 Å². The molecular formula is C15H23NO4S. The second kappa shape index (κ2) is 5.85. The first-order chi connectivity index (χ1) is 9.76. The molecule has 1 aliphatic heterocycles. The summed E-state index contributed by atoms with van der Waals surface area (Å²) in [6.45, 7) is 5.65. The van der Waals surface area contributed by atoms with Crippen molar-refractivity contribution in [2.75, 3.05) is 18.7 Å². The van der Waals surface area contributed by atoms with Crippen LogP contribution in [0.25, 0.3) is 0 Å². The molecule has 1 atom stereocenters. The van der Waals surface area contributed by atoms with Crippen LogP contribution in [0.15, 0.2) is 18.2 Å². The normalized spacial score (nSPS) is 20.5. The molecular weight excluding hydrogens is 290 g/mol. The molecule has 0 aliphatic carbocycles. The monoisotopic (exact) mass is 313 g/mol. The van der Waals surface area contributed by atoms with Gasteiger partial charge in [-0.2, -0.15) is 0 Å². The molecule has 0 saturated heterocycles. The Kier molecular flexibility index (Phi) is 4.49. The van der Waals surface area contributed by atoms with Crippen LogP contribution in [0.2, 0.25) is 0 Å². The zero-order valence-electron chi connectivity index (χ0n) is 13.0. The average Bonchev–Trinajstić information content (AvgIpc) is 2.43. The van der Waals surface area contributed by atoms with Gasteiger partial charge in [0.05, 0.1) is 13.0 Å². The van der Waals surface area contributed by atoms with Gasteiger partial charge in [0.1, 0.15) is 17.1 Å². The molecule has 118 valence electrons. The van der Waals surface area contributed by atoms with E-state index in [0.717, 1.165) is 17.1 Å². The van der Waals surface area contributed by atoms with E-state index in [-0.39, 0.29) is 23.3 Å². The number of methoxy groups -OCH3 is 1. The van der Waals surface area contributed by atoms with E-state index in [0.29, 0.717) is 6.42 Å². The summed E-state index contributed by atoms with van der Waals surface area (Å²) in [5, 5.41) is 3.15. The quantitative estimate of drug-likeness (QED) is 0.903. The molecule has 0 amide bonds. The van der Waals surface area contributed by atoms with E-state index in [2.05, 4.69) is 5.32 Å². The highest BCUT2D eigenvalue weighted by molar-refractivity contribution is 7.91. The van der Waals surface area contributed by atoms with Crippen LogP contribution in [-0.4, -0.2) is 32.8 Å². The van der Waals surface area contributed by atoms with E-state index in [9.17, 15) is 8.42 Å². The Labute approximate surface area is 126 Å². The SMILES string of the molecule is CCS(=O)(=O)CNC1CC(C)(C)Oc2cc(OC)ccc21. The highest BCUT2D eigenvalue weighted by Crippen LogP contribution is 2.41. The largest absolute Gasteiger partial charge is 0.497 e. The molecule has 21 heavy (non-hydrogen) atoms. The summed E-state index contributed by atoms with van der Waals surface area (Å²) in [5.74, 6) is 1.60. The van der Waals surface area contributed by atoms with Crippen LogP contribution >= 0.6 is 0 Å². The average molecular weight is 313 g/mol. The second-order valence-electron chi connectivity index (χ2n) is 5.90. The highest BCUT2D eigenvalue weighted by Gasteiger charge is 2.34. The number of hydrogen-bond donors (Lipinski definition) is 1. The summed E-state index contributed by atoms with van der Waals surface area (Å²) in [6.07, 6.45) is 0.714. The Morgan fingerprint density at radius 3 is 2.76 bits per heavy atom. The number of hydrogen-bond acceptors (Lipinski definition) is 5. The molecule has 2 rings (SSSR count). The van der Waals surface area contributed by atoms with Crippen molar-refractivity contribution >= 4 is 9.84 Å². The highest BCUT2D eigenvalue weighted by atomic mass is 32.2. The standard InChI is InChI=1S/C15H23NO4S/c1-5-21(17,18)10-16-13-9-15(2,3)20-14-8-11(19-4)6-7-12(13)14/h6-8,13,16H,5,9-10H2,1-4H3. The summed E-state index contributed by atoms with van der Waals surface area (Å²) in [7, 11) is -1.44. The summed E-state index contributed by atoms with van der Waals surface area (Å²) in [6, 6.07) is 5.60. The van der Waals surface area contributed by atoms with Gasteiger partial charge in [-0.25, -0.2) is 8.42 Å². The van der Waals surface area contributed by atoms with Crippen LogP contribution in [-0.2, 0) is 9.84 Å². The topological polar surface area (TPSA) is 64.6 Å². The van der Waals surface area contributed by atoms with Gasteiger partial charge in [0.2, 0.25) is 0 Å². The smallest absolute Gasteiger partial charge is 0.162 e. The number of rotatable bonds is 5. The zero-order chi connectivity index (χ0) is 15.7. The van der Waals surface area contributed by atoms with Gasteiger partial charge >= 0.3 is 0 Å². The van der Waals surface area contributed by atoms with Crippen molar-refractivity contribution in [3.8, 4) is 11.5 Å². The molecule has 1 aromatic rings. The van der Waals surface area contributed by atoms with Crippen molar-refractivity contribution in [3.63, 3.8) is 0 Å². The van der Waals surface area contributed by atoms with Crippen molar-refractivity contribution in [3.05, 3.63) is 23.8 Å². The fourth-order valence-corrected chi connectivity index (χ4v) is 3.13. The van der Waals surface area contributed by atoms with Gasteiger partial charge in [0.15, 0.2) is 9.84 Å². The Morgan fingerprint density at radius 1 is 1.43 bits per heavy atom. The minimum atomic E-state index is -3.05. The predicted octanol–water partition coefficient (Wildman–Crippen LogP) is 2.28. The zero-order valence-corrected chi connectivity index (χ0v) is 13.8. The number of ether oxygens (including phenoxy) is 2. The van der Waals surface area contributed by atoms with E-state index in [1.54, 1.807) is 14.0 Å². The number of fused-ring (bicyclic) bond motifs is 1. The van der Waals surface area contributed by atoms with Crippen LogP contribution in [0.3, 0.4) is 0 Å². The molecule has 0 spiro atoms. The number of sulfone groups is 1. The molecule has 0 radical (unpaired) electrons. The maximum Gasteiger partial charge on any atom is 0.162 e. The summed E-state index contributed by atoms with van der Waals surface area (Å²) in [4.78, 5) is 0. The van der Waals surface area contributed by atoms with Crippen molar-refractivity contribution in [2.45, 2.75) is 38.8 Å². The molecule has 0 saturated carbocycles. The Bertz CT molecular complexity index is 610. The van der Waals surface area contributed by atoms with Gasteiger partial charge in [-0.15, -0.1) is 0 Å². The maximum atomic E-state index is 11.7. The van der Waals surface area contributed by atoms with Gasteiger partial charge in [0.25, 0.3) is 0 Å². The maximum absolute atomic E-state index is 11.7. The van der Waals surface area contributed by atoms with Crippen LogP contribution in [0.5, 0.6) is 11.5 Å². The first kappa shape index (κ1) is 16.1. The van der Waals surface area contributed by atoms with Crippen molar-refractivity contribution in [1.29, 1.82) is 0 Å². The molecule has 0 aromatic heterocycles. The molecule has 1 aliphatic rings. The Hall–Kier alpha value is -1.27. The van der Waals surface area contributed by atoms with Gasteiger partial charge in [-0.1, -0.05) is 13.0 Å². The molecule has 1 unspecified atom stereocenters. The third kappa shape index (κ3) is 3.89. The molecule has 0 bridgehead atoms. The Morgan fingerprint density at radius 2 is 2.14 bits per heavy atom. The number of nitrogens with one attached hydrogen (secondary N) is 1. The molecule has 6 heteroatoms. The van der Waals surface area contributed by atoms with Gasteiger partial charge in [-0.3, -0.25) is 5.32 Å². The molecule has 0 fully saturated rings. The lowest BCUT2D eigenvalue weighted by atomic mass is 9.90. The summed E-state index contributed by atoms with van der Waals surface area (Å²) in [5.41, 5.74) is 0.619. The molecule has 1 aromatic carbocycles. The second-order valence-corrected chi connectivity index (χ2v) is 8.26.